The van der Waals surface area contributed by atoms with Crippen molar-refractivity contribution >= 4 is 11.7 Å². The Morgan fingerprint density at radius 2 is 1.42 bits per heavy atom. The first-order chi connectivity index (χ1) is 9.08. The van der Waals surface area contributed by atoms with Crippen LogP contribution in [0.2, 0.25) is 0 Å². The fourth-order valence-corrected chi connectivity index (χ4v) is 1.67. The third kappa shape index (κ3) is 2.90. The number of benzene rings is 2. The molecule has 0 saturated carbocycles. The van der Waals surface area contributed by atoms with Crippen molar-refractivity contribution in [1.29, 1.82) is 10.8 Å². The van der Waals surface area contributed by atoms with E-state index < -0.39 is 0 Å². The van der Waals surface area contributed by atoms with E-state index in [1.807, 2.05) is 30.3 Å². The molecule has 0 aliphatic rings. The van der Waals surface area contributed by atoms with Crippen LogP contribution in [0.4, 0.5) is 0 Å². The smallest absolute Gasteiger partial charge is 0.128 e. The van der Waals surface area contributed by atoms with Gasteiger partial charge in [-0.2, -0.15) is 0 Å². The van der Waals surface area contributed by atoms with E-state index in [1.165, 1.54) is 0 Å². The minimum atomic E-state index is -0.149. The molecule has 96 valence electrons. The maximum Gasteiger partial charge on any atom is 0.128 e. The van der Waals surface area contributed by atoms with Crippen LogP contribution in [0.5, 0.6) is 11.5 Å². The third-order valence-corrected chi connectivity index (χ3v) is 2.55. The van der Waals surface area contributed by atoms with Crippen molar-refractivity contribution in [1.82, 2.24) is 0 Å². The second kappa shape index (κ2) is 5.22. The van der Waals surface area contributed by atoms with Gasteiger partial charge >= 0.3 is 0 Å². The van der Waals surface area contributed by atoms with E-state index in [1.54, 1.807) is 18.2 Å². The molecule has 2 rings (SSSR count). The minimum Gasteiger partial charge on any atom is -0.457 e. The maximum atomic E-state index is 7.52. The van der Waals surface area contributed by atoms with Gasteiger partial charge in [0.05, 0.1) is 0 Å². The summed E-state index contributed by atoms with van der Waals surface area (Å²) in [6.07, 6.45) is 0. The Kier molecular flexibility index (Phi) is 3.47. The zero-order chi connectivity index (χ0) is 13.8. The van der Waals surface area contributed by atoms with Crippen LogP contribution in [0.25, 0.3) is 0 Å². The van der Waals surface area contributed by atoms with Gasteiger partial charge in [0.2, 0.25) is 0 Å². The Bertz CT molecular complexity index is 623. The predicted octanol–water partition coefficient (Wildman–Crippen LogP) is 2.05. The van der Waals surface area contributed by atoms with Crippen LogP contribution in [-0.4, -0.2) is 11.7 Å². The number of amidine groups is 2. The summed E-state index contributed by atoms with van der Waals surface area (Å²) in [5.41, 5.74) is 11.7. The molecule has 0 heterocycles. The second-order valence-corrected chi connectivity index (χ2v) is 3.95. The van der Waals surface area contributed by atoms with Crippen LogP contribution in [-0.2, 0) is 0 Å². The van der Waals surface area contributed by atoms with Crippen LogP contribution in [0.3, 0.4) is 0 Å². The number of nitrogens with one attached hydrogen (secondary N) is 2. The molecule has 0 saturated heterocycles. The molecule has 5 heteroatoms. The summed E-state index contributed by atoms with van der Waals surface area (Å²) in [6, 6.07) is 14.2. The molecule has 0 radical (unpaired) electrons. The fraction of sp³-hybridized carbons (Fsp3) is 0. The SMILES string of the molecule is N=C(N)c1ccc(Oc2ccccc2)cc1C(=N)N. The lowest BCUT2D eigenvalue weighted by Gasteiger charge is -2.10. The highest BCUT2D eigenvalue weighted by atomic mass is 16.5. The lowest BCUT2D eigenvalue weighted by atomic mass is 10.1. The lowest BCUT2D eigenvalue weighted by molar-refractivity contribution is 0.482. The van der Waals surface area contributed by atoms with Gasteiger partial charge in [-0.3, -0.25) is 10.8 Å². The van der Waals surface area contributed by atoms with Crippen molar-refractivity contribution < 1.29 is 4.74 Å². The summed E-state index contributed by atoms with van der Waals surface area (Å²) >= 11 is 0. The maximum absolute atomic E-state index is 7.52. The topological polar surface area (TPSA) is 109 Å². The molecular formula is C14H14N4O. The molecule has 0 bridgehead atoms. The standard InChI is InChI=1S/C14H14N4O/c15-13(16)11-7-6-10(8-12(11)14(17)18)19-9-4-2-1-3-5-9/h1-8H,(H3,15,16)(H3,17,18). The van der Waals surface area contributed by atoms with Crippen LogP contribution in [0.1, 0.15) is 11.1 Å². The molecule has 6 N–H and O–H groups in total. The summed E-state index contributed by atoms with van der Waals surface area (Å²) < 4.78 is 5.64. The summed E-state index contributed by atoms with van der Waals surface area (Å²) in [7, 11) is 0. The highest BCUT2D eigenvalue weighted by Gasteiger charge is 2.10. The minimum absolute atomic E-state index is 0.128. The monoisotopic (exact) mass is 254 g/mol. The molecule has 19 heavy (non-hydrogen) atoms. The number of nitrogen functional groups attached to an aromatic ring is 2. The van der Waals surface area contributed by atoms with E-state index in [2.05, 4.69) is 0 Å². The third-order valence-electron chi connectivity index (χ3n) is 2.55. The molecule has 0 unspecified atom stereocenters. The fourth-order valence-electron chi connectivity index (χ4n) is 1.67. The van der Waals surface area contributed by atoms with Crippen LogP contribution in [0.15, 0.2) is 48.5 Å². The Morgan fingerprint density at radius 3 is 2.00 bits per heavy atom. The van der Waals surface area contributed by atoms with Crippen LogP contribution < -0.4 is 16.2 Å². The number of nitrogens with two attached hydrogens (primary N) is 2. The van der Waals surface area contributed by atoms with Crippen molar-refractivity contribution in [3.8, 4) is 11.5 Å². The molecule has 0 fully saturated rings. The number of para-hydroxylation sites is 1. The van der Waals surface area contributed by atoms with E-state index in [0.29, 0.717) is 22.6 Å². The Hall–Kier alpha value is -2.82. The largest absolute Gasteiger partial charge is 0.457 e. The summed E-state index contributed by atoms with van der Waals surface area (Å²) in [6.45, 7) is 0. The van der Waals surface area contributed by atoms with Gasteiger partial charge in [-0.1, -0.05) is 18.2 Å². The number of rotatable bonds is 4. The molecule has 5 nitrogen and oxygen atoms in total. The molecule has 0 aliphatic carbocycles. The van der Waals surface area contributed by atoms with Gasteiger partial charge in [0.1, 0.15) is 23.2 Å². The van der Waals surface area contributed by atoms with Crippen molar-refractivity contribution in [2.75, 3.05) is 0 Å². The van der Waals surface area contributed by atoms with Gasteiger partial charge in [-0.25, -0.2) is 0 Å². The van der Waals surface area contributed by atoms with Crippen molar-refractivity contribution in [2.24, 2.45) is 11.5 Å². The Balaban J connectivity index is 2.36. The van der Waals surface area contributed by atoms with E-state index in [0.717, 1.165) is 0 Å². The van der Waals surface area contributed by atoms with E-state index in [4.69, 9.17) is 27.0 Å². The molecular weight excluding hydrogens is 240 g/mol. The molecule has 0 aliphatic heterocycles. The molecule has 0 spiro atoms. The van der Waals surface area contributed by atoms with Crippen molar-refractivity contribution in [3.63, 3.8) is 0 Å². The van der Waals surface area contributed by atoms with Crippen LogP contribution >= 0.6 is 0 Å². The van der Waals surface area contributed by atoms with Gasteiger partial charge < -0.3 is 16.2 Å². The number of ether oxygens (including phenoxy) is 1. The average molecular weight is 254 g/mol. The normalized spacial score (nSPS) is 9.89. The Labute approximate surface area is 110 Å². The zero-order valence-corrected chi connectivity index (χ0v) is 10.2. The molecule has 0 atom stereocenters. The van der Waals surface area contributed by atoms with Gasteiger partial charge in [-0.05, 0) is 30.3 Å². The zero-order valence-electron chi connectivity index (χ0n) is 10.2. The first-order valence-corrected chi connectivity index (χ1v) is 5.63. The van der Waals surface area contributed by atoms with E-state index in [9.17, 15) is 0 Å². The van der Waals surface area contributed by atoms with Gasteiger partial charge in [-0.15, -0.1) is 0 Å². The highest BCUT2D eigenvalue weighted by molar-refractivity contribution is 6.08. The summed E-state index contributed by atoms with van der Waals surface area (Å²) in [5, 5.41) is 15.0. The quantitative estimate of drug-likeness (QED) is 0.495. The molecule has 2 aromatic carbocycles. The number of hydrogen-bond acceptors (Lipinski definition) is 3. The first-order valence-electron chi connectivity index (χ1n) is 5.63. The van der Waals surface area contributed by atoms with E-state index in [-0.39, 0.29) is 11.7 Å². The summed E-state index contributed by atoms with van der Waals surface area (Å²) in [4.78, 5) is 0. The molecule has 0 amide bonds. The average Bonchev–Trinajstić information content (AvgIpc) is 2.39. The Morgan fingerprint density at radius 1 is 0.789 bits per heavy atom. The molecule has 0 aromatic heterocycles. The molecule has 2 aromatic rings. The van der Waals surface area contributed by atoms with E-state index >= 15 is 0 Å². The highest BCUT2D eigenvalue weighted by Crippen LogP contribution is 2.23. The van der Waals surface area contributed by atoms with Gasteiger partial charge in [0, 0.05) is 11.1 Å². The van der Waals surface area contributed by atoms with Crippen molar-refractivity contribution in [3.05, 3.63) is 59.7 Å². The van der Waals surface area contributed by atoms with Gasteiger partial charge in [0.15, 0.2) is 0 Å². The summed E-state index contributed by atoms with van der Waals surface area (Å²) in [5.74, 6) is 0.953. The lowest BCUT2D eigenvalue weighted by Crippen LogP contribution is -2.20. The van der Waals surface area contributed by atoms with Gasteiger partial charge in [0.25, 0.3) is 0 Å². The van der Waals surface area contributed by atoms with Crippen LogP contribution in [0, 0.1) is 10.8 Å². The first kappa shape index (κ1) is 12.6. The second-order valence-electron chi connectivity index (χ2n) is 3.95. The predicted molar refractivity (Wildman–Crippen MR) is 75.0 cm³/mol. The number of hydrogen-bond donors (Lipinski definition) is 4. The van der Waals surface area contributed by atoms with Crippen molar-refractivity contribution in [2.45, 2.75) is 0 Å².